The van der Waals surface area contributed by atoms with E-state index < -0.39 is 0 Å². The van der Waals surface area contributed by atoms with Crippen molar-refractivity contribution in [1.29, 1.82) is 0 Å². The number of aryl methyl sites for hydroxylation is 1. The maximum Gasteiger partial charge on any atom is 0.126 e. The van der Waals surface area contributed by atoms with Crippen LogP contribution in [-0.4, -0.2) is 11.5 Å². The van der Waals surface area contributed by atoms with E-state index >= 15 is 0 Å². The molecule has 13 heavy (non-hydrogen) atoms. The molecule has 0 amide bonds. The number of nitrogens with one attached hydrogen (secondary N) is 1. The minimum absolute atomic E-state index is 0.812. The molecule has 0 aliphatic carbocycles. The molecule has 2 heteroatoms. The summed E-state index contributed by atoms with van der Waals surface area (Å²) in [5.74, 6) is 0.917. The Morgan fingerprint density at radius 1 is 1.54 bits per heavy atom. The molecule has 0 aliphatic heterocycles. The third kappa shape index (κ3) is 3.28. The predicted octanol–water partition coefficient (Wildman–Crippen LogP) is 2.77. The summed E-state index contributed by atoms with van der Waals surface area (Å²) in [5, 5.41) is 3.21. The summed E-state index contributed by atoms with van der Waals surface area (Å²) in [5.41, 5.74) is 2.38. The number of aromatic nitrogens is 1. The molecule has 0 unspecified atom stereocenters. The van der Waals surface area contributed by atoms with Crippen LogP contribution < -0.4 is 5.32 Å². The van der Waals surface area contributed by atoms with Crippen LogP contribution >= 0.6 is 0 Å². The largest absolute Gasteiger partial charge is 0.366 e. The SMILES string of the molecule is C=C(CC)CNc1ccc(C)cn1. The maximum absolute atomic E-state index is 4.23. The quantitative estimate of drug-likeness (QED) is 0.713. The molecule has 2 nitrogen and oxygen atoms in total. The van der Waals surface area contributed by atoms with Crippen LogP contribution in [0.5, 0.6) is 0 Å². The van der Waals surface area contributed by atoms with E-state index in [0.717, 1.165) is 18.8 Å². The molecule has 70 valence electrons. The first-order valence-corrected chi connectivity index (χ1v) is 4.55. The average Bonchev–Trinajstić information content (AvgIpc) is 2.16. The van der Waals surface area contributed by atoms with Crippen LogP contribution in [0.3, 0.4) is 0 Å². The molecular formula is C11H16N2. The number of hydrogen-bond acceptors (Lipinski definition) is 2. The van der Waals surface area contributed by atoms with E-state index in [4.69, 9.17) is 0 Å². The van der Waals surface area contributed by atoms with Crippen LogP contribution in [-0.2, 0) is 0 Å². The lowest BCUT2D eigenvalue weighted by molar-refractivity contribution is 1.04. The van der Waals surface area contributed by atoms with Gasteiger partial charge in [0.15, 0.2) is 0 Å². The summed E-state index contributed by atoms with van der Waals surface area (Å²) in [6, 6.07) is 4.03. The van der Waals surface area contributed by atoms with E-state index in [-0.39, 0.29) is 0 Å². The van der Waals surface area contributed by atoms with Gasteiger partial charge in [-0.3, -0.25) is 0 Å². The monoisotopic (exact) mass is 176 g/mol. The van der Waals surface area contributed by atoms with Crippen molar-refractivity contribution >= 4 is 5.82 Å². The summed E-state index contributed by atoms with van der Waals surface area (Å²) in [4.78, 5) is 4.23. The third-order valence-electron chi connectivity index (χ3n) is 1.93. The van der Waals surface area contributed by atoms with Crippen LogP contribution in [0.1, 0.15) is 18.9 Å². The van der Waals surface area contributed by atoms with Crippen molar-refractivity contribution < 1.29 is 0 Å². The van der Waals surface area contributed by atoms with Gasteiger partial charge in [0.25, 0.3) is 0 Å². The molecule has 0 spiro atoms. The van der Waals surface area contributed by atoms with Gasteiger partial charge >= 0.3 is 0 Å². The molecule has 0 fully saturated rings. The van der Waals surface area contributed by atoms with Crippen molar-refractivity contribution in [2.24, 2.45) is 0 Å². The summed E-state index contributed by atoms with van der Waals surface area (Å²) in [6.07, 6.45) is 2.87. The maximum atomic E-state index is 4.23. The van der Waals surface area contributed by atoms with Gasteiger partial charge in [0.1, 0.15) is 5.82 Å². The fourth-order valence-electron chi connectivity index (χ4n) is 0.913. The zero-order chi connectivity index (χ0) is 9.68. The highest BCUT2D eigenvalue weighted by Crippen LogP contribution is 2.05. The second-order valence-corrected chi connectivity index (χ2v) is 3.18. The van der Waals surface area contributed by atoms with E-state index in [2.05, 4.69) is 23.8 Å². The predicted molar refractivity (Wildman–Crippen MR) is 56.9 cm³/mol. The van der Waals surface area contributed by atoms with Gasteiger partial charge in [-0.25, -0.2) is 4.98 Å². The Bertz CT molecular complexity index is 275. The Labute approximate surface area is 79.7 Å². The topological polar surface area (TPSA) is 24.9 Å². The average molecular weight is 176 g/mol. The Balaban J connectivity index is 2.46. The van der Waals surface area contributed by atoms with E-state index in [0.29, 0.717) is 0 Å². The fraction of sp³-hybridized carbons (Fsp3) is 0.364. The van der Waals surface area contributed by atoms with Crippen LogP contribution in [0, 0.1) is 6.92 Å². The van der Waals surface area contributed by atoms with Gasteiger partial charge in [0, 0.05) is 12.7 Å². The normalized spacial score (nSPS) is 9.69. The zero-order valence-corrected chi connectivity index (χ0v) is 8.30. The first-order chi connectivity index (χ1) is 6.22. The molecule has 0 aliphatic rings. The highest BCUT2D eigenvalue weighted by Gasteiger charge is 1.93. The Morgan fingerprint density at radius 2 is 2.31 bits per heavy atom. The smallest absolute Gasteiger partial charge is 0.126 e. The second kappa shape index (κ2) is 4.65. The number of hydrogen-bond donors (Lipinski definition) is 1. The Morgan fingerprint density at radius 3 is 2.85 bits per heavy atom. The first kappa shape index (κ1) is 9.78. The lowest BCUT2D eigenvalue weighted by atomic mass is 10.2. The molecule has 1 heterocycles. The molecule has 0 atom stereocenters. The molecule has 1 rings (SSSR count). The molecule has 0 saturated heterocycles. The number of anilines is 1. The van der Waals surface area contributed by atoms with E-state index in [1.54, 1.807) is 0 Å². The molecule has 0 bridgehead atoms. The van der Waals surface area contributed by atoms with Crippen molar-refractivity contribution in [2.45, 2.75) is 20.3 Å². The number of pyridine rings is 1. The summed E-state index contributed by atoms with van der Waals surface area (Å²) >= 11 is 0. The number of rotatable bonds is 4. The zero-order valence-electron chi connectivity index (χ0n) is 8.30. The summed E-state index contributed by atoms with van der Waals surface area (Å²) in [6.45, 7) is 8.86. The molecule has 0 saturated carbocycles. The van der Waals surface area contributed by atoms with Crippen molar-refractivity contribution in [3.05, 3.63) is 36.0 Å². The molecule has 1 aromatic heterocycles. The molecular weight excluding hydrogens is 160 g/mol. The standard InChI is InChI=1S/C11H16N2/c1-4-9(2)7-12-11-6-5-10(3)8-13-11/h5-6,8H,2,4,7H2,1,3H3,(H,12,13). The minimum Gasteiger partial charge on any atom is -0.366 e. The van der Waals surface area contributed by atoms with Crippen molar-refractivity contribution in [3.63, 3.8) is 0 Å². The van der Waals surface area contributed by atoms with Gasteiger partial charge in [-0.15, -0.1) is 0 Å². The molecule has 0 aromatic carbocycles. The van der Waals surface area contributed by atoms with Gasteiger partial charge in [0.2, 0.25) is 0 Å². The van der Waals surface area contributed by atoms with Crippen LogP contribution in [0.4, 0.5) is 5.82 Å². The molecule has 1 aromatic rings. The lowest BCUT2D eigenvalue weighted by Gasteiger charge is -2.06. The summed E-state index contributed by atoms with van der Waals surface area (Å²) < 4.78 is 0. The van der Waals surface area contributed by atoms with E-state index in [9.17, 15) is 0 Å². The second-order valence-electron chi connectivity index (χ2n) is 3.18. The number of nitrogens with zero attached hydrogens (tertiary/aromatic N) is 1. The molecule has 0 radical (unpaired) electrons. The summed E-state index contributed by atoms with van der Waals surface area (Å²) in [7, 11) is 0. The Kier molecular flexibility index (Phi) is 3.50. The van der Waals surface area contributed by atoms with E-state index in [1.807, 2.05) is 25.3 Å². The van der Waals surface area contributed by atoms with Crippen LogP contribution in [0.2, 0.25) is 0 Å². The van der Waals surface area contributed by atoms with Gasteiger partial charge in [-0.2, -0.15) is 0 Å². The molecule has 1 N–H and O–H groups in total. The minimum atomic E-state index is 0.812. The van der Waals surface area contributed by atoms with Gasteiger partial charge < -0.3 is 5.32 Å². The van der Waals surface area contributed by atoms with Crippen LogP contribution in [0.15, 0.2) is 30.5 Å². The van der Waals surface area contributed by atoms with E-state index in [1.165, 1.54) is 11.1 Å². The van der Waals surface area contributed by atoms with Crippen molar-refractivity contribution in [3.8, 4) is 0 Å². The Hall–Kier alpha value is -1.31. The van der Waals surface area contributed by atoms with Crippen molar-refractivity contribution in [1.82, 2.24) is 4.98 Å². The van der Waals surface area contributed by atoms with Gasteiger partial charge in [-0.05, 0) is 25.0 Å². The first-order valence-electron chi connectivity index (χ1n) is 4.55. The third-order valence-corrected chi connectivity index (χ3v) is 1.93. The lowest BCUT2D eigenvalue weighted by Crippen LogP contribution is -2.04. The van der Waals surface area contributed by atoms with Gasteiger partial charge in [0.05, 0.1) is 0 Å². The van der Waals surface area contributed by atoms with Crippen LogP contribution in [0.25, 0.3) is 0 Å². The highest BCUT2D eigenvalue weighted by atomic mass is 15.0. The van der Waals surface area contributed by atoms with Gasteiger partial charge in [-0.1, -0.05) is 25.1 Å². The fourth-order valence-corrected chi connectivity index (χ4v) is 0.913. The highest BCUT2D eigenvalue weighted by molar-refractivity contribution is 5.36. The van der Waals surface area contributed by atoms with Crippen molar-refractivity contribution in [2.75, 3.05) is 11.9 Å².